The van der Waals surface area contributed by atoms with Gasteiger partial charge in [-0.25, -0.2) is 4.79 Å². The monoisotopic (exact) mass is 370 g/mol. The lowest BCUT2D eigenvalue weighted by atomic mass is 10.0. The first-order chi connectivity index (χ1) is 13.1. The molecule has 2 aromatic carbocycles. The number of benzene rings is 2. The summed E-state index contributed by atoms with van der Waals surface area (Å²) >= 11 is 0. The van der Waals surface area contributed by atoms with Gasteiger partial charge in [-0.15, -0.1) is 0 Å². The highest BCUT2D eigenvalue weighted by atomic mass is 16.5. The van der Waals surface area contributed by atoms with Crippen LogP contribution in [0.15, 0.2) is 48.5 Å². The van der Waals surface area contributed by atoms with E-state index in [1.807, 2.05) is 53.4 Å². The van der Waals surface area contributed by atoms with Gasteiger partial charge in [0.15, 0.2) is 0 Å². The summed E-state index contributed by atoms with van der Waals surface area (Å²) in [6, 6.07) is 15.0. The topological polar surface area (TPSA) is 88.1 Å². The van der Waals surface area contributed by atoms with Crippen LogP contribution in [0.2, 0.25) is 0 Å². The van der Waals surface area contributed by atoms with Crippen LogP contribution in [0.4, 0.5) is 4.79 Å². The Morgan fingerprint density at radius 1 is 1.07 bits per heavy atom. The van der Waals surface area contributed by atoms with E-state index in [1.165, 1.54) is 0 Å². The van der Waals surface area contributed by atoms with Crippen molar-refractivity contribution in [3.8, 4) is 16.9 Å². The normalized spacial score (nSPS) is 13.9. The number of carbonyl (C=O) groups is 2. The largest absolute Gasteiger partial charge is 0.492 e. The fourth-order valence-electron chi connectivity index (χ4n) is 2.85. The second kappa shape index (κ2) is 9.05. The van der Waals surface area contributed by atoms with Crippen molar-refractivity contribution in [2.75, 3.05) is 39.5 Å². The molecule has 1 heterocycles. The number of carboxylic acid groups (broad SMARTS) is 1. The number of ether oxygens (including phenoxy) is 2. The molecule has 7 nitrogen and oxygen atoms in total. The van der Waals surface area contributed by atoms with Crippen molar-refractivity contribution in [2.24, 2.45) is 0 Å². The summed E-state index contributed by atoms with van der Waals surface area (Å²) in [5, 5.41) is 10.8. The molecule has 2 amide bonds. The van der Waals surface area contributed by atoms with Crippen LogP contribution < -0.4 is 10.1 Å². The van der Waals surface area contributed by atoms with Gasteiger partial charge in [-0.1, -0.05) is 24.3 Å². The maximum atomic E-state index is 12.6. The first-order valence-electron chi connectivity index (χ1n) is 8.80. The molecule has 0 saturated carbocycles. The van der Waals surface area contributed by atoms with Gasteiger partial charge in [-0.05, 0) is 35.4 Å². The maximum Gasteiger partial charge on any atom is 0.404 e. The number of hydrogen-bond donors (Lipinski definition) is 2. The SMILES string of the molecule is O=C(O)NCCOc1ccc(-c2cccc(C(=O)N3CCOCC3)c2)cc1. The Morgan fingerprint density at radius 2 is 1.81 bits per heavy atom. The molecule has 27 heavy (non-hydrogen) atoms. The van der Waals surface area contributed by atoms with E-state index < -0.39 is 6.09 Å². The third kappa shape index (κ3) is 5.21. The van der Waals surface area contributed by atoms with E-state index in [9.17, 15) is 9.59 Å². The van der Waals surface area contributed by atoms with Crippen molar-refractivity contribution in [1.29, 1.82) is 0 Å². The lowest BCUT2D eigenvalue weighted by molar-refractivity contribution is 0.0303. The molecule has 7 heteroatoms. The number of nitrogens with one attached hydrogen (secondary N) is 1. The van der Waals surface area contributed by atoms with Crippen molar-refractivity contribution >= 4 is 12.0 Å². The summed E-state index contributed by atoms with van der Waals surface area (Å²) in [5.41, 5.74) is 2.59. The molecule has 3 rings (SSSR count). The first kappa shape index (κ1) is 18.7. The minimum absolute atomic E-state index is 0.0195. The Bertz CT molecular complexity index is 785. The molecule has 1 fully saturated rings. The second-order valence-corrected chi connectivity index (χ2v) is 6.09. The molecule has 1 aliphatic heterocycles. The number of nitrogens with zero attached hydrogens (tertiary/aromatic N) is 1. The minimum Gasteiger partial charge on any atom is -0.492 e. The Kier molecular flexibility index (Phi) is 6.27. The van der Waals surface area contributed by atoms with Gasteiger partial charge in [0.2, 0.25) is 0 Å². The minimum atomic E-state index is -1.07. The molecular weight excluding hydrogens is 348 g/mol. The zero-order chi connectivity index (χ0) is 19.1. The summed E-state index contributed by atoms with van der Waals surface area (Å²) in [7, 11) is 0. The number of hydrogen-bond acceptors (Lipinski definition) is 4. The number of morpholine rings is 1. The van der Waals surface area contributed by atoms with E-state index in [0.717, 1.165) is 11.1 Å². The quantitative estimate of drug-likeness (QED) is 0.763. The van der Waals surface area contributed by atoms with Gasteiger partial charge >= 0.3 is 6.09 Å². The zero-order valence-corrected chi connectivity index (χ0v) is 14.9. The van der Waals surface area contributed by atoms with E-state index in [-0.39, 0.29) is 19.1 Å². The van der Waals surface area contributed by atoms with Crippen LogP contribution in [-0.4, -0.2) is 61.5 Å². The molecule has 0 unspecified atom stereocenters. The van der Waals surface area contributed by atoms with E-state index in [1.54, 1.807) is 0 Å². The third-order valence-corrected chi connectivity index (χ3v) is 4.24. The number of carbonyl (C=O) groups excluding carboxylic acids is 1. The van der Waals surface area contributed by atoms with Crippen LogP contribution in [0.5, 0.6) is 5.75 Å². The van der Waals surface area contributed by atoms with Crippen molar-refractivity contribution in [3.63, 3.8) is 0 Å². The molecule has 0 radical (unpaired) electrons. The molecule has 0 atom stereocenters. The highest BCUT2D eigenvalue weighted by Gasteiger charge is 2.18. The van der Waals surface area contributed by atoms with E-state index in [0.29, 0.717) is 37.6 Å². The van der Waals surface area contributed by atoms with Crippen molar-refractivity contribution < 1.29 is 24.2 Å². The van der Waals surface area contributed by atoms with E-state index in [2.05, 4.69) is 5.32 Å². The molecule has 0 aromatic heterocycles. The van der Waals surface area contributed by atoms with Crippen LogP contribution in [0.25, 0.3) is 11.1 Å². The average molecular weight is 370 g/mol. The van der Waals surface area contributed by atoms with E-state index in [4.69, 9.17) is 14.6 Å². The standard InChI is InChI=1S/C20H22N2O5/c23-19(22-9-12-26-13-10-22)17-3-1-2-16(14-17)15-4-6-18(7-5-15)27-11-8-21-20(24)25/h1-7,14,21H,8-13H2,(H,24,25). The van der Waals surface area contributed by atoms with Crippen LogP contribution in [0.3, 0.4) is 0 Å². The summed E-state index contributed by atoms with van der Waals surface area (Å²) in [6.45, 7) is 2.87. The zero-order valence-electron chi connectivity index (χ0n) is 14.9. The molecule has 1 aliphatic rings. The van der Waals surface area contributed by atoms with Gasteiger partial charge in [0.25, 0.3) is 5.91 Å². The predicted octanol–water partition coefficient (Wildman–Crippen LogP) is 2.47. The third-order valence-electron chi connectivity index (χ3n) is 4.24. The highest BCUT2D eigenvalue weighted by molar-refractivity contribution is 5.95. The highest BCUT2D eigenvalue weighted by Crippen LogP contribution is 2.24. The van der Waals surface area contributed by atoms with Crippen molar-refractivity contribution in [2.45, 2.75) is 0 Å². The second-order valence-electron chi connectivity index (χ2n) is 6.09. The summed E-state index contributed by atoms with van der Waals surface area (Å²) in [4.78, 5) is 24.8. The maximum absolute atomic E-state index is 12.6. The molecule has 2 N–H and O–H groups in total. The number of amides is 2. The molecule has 1 saturated heterocycles. The lowest BCUT2D eigenvalue weighted by Gasteiger charge is -2.27. The lowest BCUT2D eigenvalue weighted by Crippen LogP contribution is -2.40. The van der Waals surface area contributed by atoms with Crippen molar-refractivity contribution in [1.82, 2.24) is 10.2 Å². The van der Waals surface area contributed by atoms with Crippen LogP contribution in [-0.2, 0) is 4.74 Å². The molecule has 0 aliphatic carbocycles. The number of rotatable bonds is 6. The van der Waals surface area contributed by atoms with E-state index >= 15 is 0 Å². The Labute approximate surface area is 157 Å². The average Bonchev–Trinajstić information content (AvgIpc) is 2.72. The van der Waals surface area contributed by atoms with Gasteiger partial charge in [-0.3, -0.25) is 4.79 Å². The molecule has 142 valence electrons. The van der Waals surface area contributed by atoms with Gasteiger partial charge in [0.1, 0.15) is 12.4 Å². The fraction of sp³-hybridized carbons (Fsp3) is 0.300. The summed E-state index contributed by atoms with van der Waals surface area (Å²) in [6.07, 6.45) is -1.07. The fourth-order valence-corrected chi connectivity index (χ4v) is 2.85. The van der Waals surface area contributed by atoms with Gasteiger partial charge in [0.05, 0.1) is 19.8 Å². The Hall–Kier alpha value is -3.06. The molecule has 0 spiro atoms. The van der Waals surface area contributed by atoms with Crippen LogP contribution in [0.1, 0.15) is 10.4 Å². The van der Waals surface area contributed by atoms with Crippen LogP contribution >= 0.6 is 0 Å². The van der Waals surface area contributed by atoms with Crippen molar-refractivity contribution in [3.05, 3.63) is 54.1 Å². The summed E-state index contributed by atoms with van der Waals surface area (Å²) < 4.78 is 10.8. The Balaban J connectivity index is 1.64. The smallest absolute Gasteiger partial charge is 0.404 e. The Morgan fingerprint density at radius 3 is 2.52 bits per heavy atom. The van der Waals surface area contributed by atoms with Gasteiger partial charge in [0, 0.05) is 18.7 Å². The first-order valence-corrected chi connectivity index (χ1v) is 8.80. The summed E-state index contributed by atoms with van der Waals surface area (Å²) in [5.74, 6) is 0.678. The predicted molar refractivity (Wildman–Crippen MR) is 100 cm³/mol. The van der Waals surface area contributed by atoms with Crippen LogP contribution in [0, 0.1) is 0 Å². The van der Waals surface area contributed by atoms with Gasteiger partial charge in [-0.2, -0.15) is 0 Å². The van der Waals surface area contributed by atoms with Gasteiger partial charge < -0.3 is 24.8 Å². The molecule has 0 bridgehead atoms. The molecule has 2 aromatic rings. The molecular formula is C20H22N2O5.